The second-order valence-corrected chi connectivity index (χ2v) is 5.30. The average Bonchev–Trinajstić information content (AvgIpc) is 2.46. The third kappa shape index (κ3) is 7.31. The summed E-state index contributed by atoms with van der Waals surface area (Å²) < 4.78 is 0. The van der Waals surface area contributed by atoms with Crippen molar-refractivity contribution in [1.82, 2.24) is 10.3 Å². The van der Waals surface area contributed by atoms with Crippen LogP contribution >= 0.6 is 0 Å². The summed E-state index contributed by atoms with van der Waals surface area (Å²) in [6.07, 6.45) is 14.7. The lowest BCUT2D eigenvalue weighted by molar-refractivity contribution is 0.475. The van der Waals surface area contributed by atoms with Gasteiger partial charge in [-0.1, -0.05) is 58.8 Å². The standard InChI is InChI=1S/C17H30N2/c1-3-5-6-7-8-9-10-11-17(19-4-2)16-12-14-18-15-13-16/h12-15,17,19H,3-11H2,1-2H3. The molecule has 1 unspecified atom stereocenters. The van der Waals surface area contributed by atoms with Crippen molar-refractivity contribution < 1.29 is 0 Å². The van der Waals surface area contributed by atoms with Gasteiger partial charge in [-0.25, -0.2) is 0 Å². The van der Waals surface area contributed by atoms with Gasteiger partial charge in [0.15, 0.2) is 0 Å². The van der Waals surface area contributed by atoms with E-state index in [1.165, 1.54) is 56.9 Å². The van der Waals surface area contributed by atoms with Crippen LogP contribution in [0.15, 0.2) is 24.5 Å². The molecule has 1 aromatic heterocycles. The number of pyridine rings is 1. The first-order valence-electron chi connectivity index (χ1n) is 8.01. The molecule has 1 atom stereocenters. The molecule has 0 saturated carbocycles. The Kier molecular flexibility index (Phi) is 9.34. The first-order valence-corrected chi connectivity index (χ1v) is 8.01. The number of unbranched alkanes of at least 4 members (excludes halogenated alkanes) is 6. The van der Waals surface area contributed by atoms with Gasteiger partial charge in [-0.2, -0.15) is 0 Å². The van der Waals surface area contributed by atoms with Gasteiger partial charge in [0, 0.05) is 18.4 Å². The number of rotatable bonds is 11. The molecule has 2 heteroatoms. The summed E-state index contributed by atoms with van der Waals surface area (Å²) in [7, 11) is 0. The van der Waals surface area contributed by atoms with E-state index in [2.05, 4.69) is 36.3 Å². The van der Waals surface area contributed by atoms with Gasteiger partial charge >= 0.3 is 0 Å². The SMILES string of the molecule is CCCCCCCCCC(NCC)c1ccncc1. The third-order valence-electron chi connectivity index (χ3n) is 3.66. The maximum absolute atomic E-state index is 4.10. The number of hydrogen-bond acceptors (Lipinski definition) is 2. The Morgan fingerprint density at radius 3 is 2.21 bits per heavy atom. The number of nitrogens with one attached hydrogen (secondary N) is 1. The lowest BCUT2D eigenvalue weighted by Crippen LogP contribution is -2.20. The molecule has 0 aliphatic rings. The molecular weight excluding hydrogens is 232 g/mol. The molecule has 1 aromatic rings. The molecule has 0 aliphatic heterocycles. The number of nitrogens with zero attached hydrogens (tertiary/aromatic N) is 1. The lowest BCUT2D eigenvalue weighted by atomic mass is 10.0. The molecule has 0 saturated heterocycles. The Balaban J connectivity index is 2.20. The molecule has 0 spiro atoms. The van der Waals surface area contributed by atoms with Crippen LogP contribution in [0.2, 0.25) is 0 Å². The smallest absolute Gasteiger partial charge is 0.0321 e. The van der Waals surface area contributed by atoms with Crippen LogP contribution in [-0.4, -0.2) is 11.5 Å². The molecule has 1 N–H and O–H groups in total. The van der Waals surface area contributed by atoms with Crippen LogP contribution in [0.25, 0.3) is 0 Å². The van der Waals surface area contributed by atoms with Crippen LogP contribution in [0.5, 0.6) is 0 Å². The molecule has 19 heavy (non-hydrogen) atoms. The average molecular weight is 262 g/mol. The van der Waals surface area contributed by atoms with E-state index in [1.807, 2.05) is 12.4 Å². The van der Waals surface area contributed by atoms with Gasteiger partial charge in [-0.15, -0.1) is 0 Å². The maximum atomic E-state index is 4.10. The summed E-state index contributed by atoms with van der Waals surface area (Å²) >= 11 is 0. The summed E-state index contributed by atoms with van der Waals surface area (Å²) in [4.78, 5) is 4.10. The van der Waals surface area contributed by atoms with Crippen LogP contribution in [0.3, 0.4) is 0 Å². The topological polar surface area (TPSA) is 24.9 Å². The molecule has 1 heterocycles. The summed E-state index contributed by atoms with van der Waals surface area (Å²) in [5.41, 5.74) is 1.38. The minimum atomic E-state index is 0.503. The van der Waals surface area contributed by atoms with Crippen molar-refractivity contribution in [3.05, 3.63) is 30.1 Å². The Bertz CT molecular complexity index is 297. The zero-order valence-electron chi connectivity index (χ0n) is 12.7. The Labute approximate surface area is 119 Å². The largest absolute Gasteiger partial charge is 0.310 e. The van der Waals surface area contributed by atoms with Crippen LogP contribution < -0.4 is 5.32 Å². The molecule has 0 fully saturated rings. The normalized spacial score (nSPS) is 12.5. The summed E-state index contributed by atoms with van der Waals surface area (Å²) in [6.45, 7) is 5.48. The van der Waals surface area contributed by atoms with Gasteiger partial charge in [-0.05, 0) is 30.7 Å². The van der Waals surface area contributed by atoms with Gasteiger partial charge in [0.25, 0.3) is 0 Å². The fourth-order valence-corrected chi connectivity index (χ4v) is 2.53. The van der Waals surface area contributed by atoms with E-state index < -0.39 is 0 Å². The van der Waals surface area contributed by atoms with E-state index in [4.69, 9.17) is 0 Å². The molecule has 1 rings (SSSR count). The van der Waals surface area contributed by atoms with E-state index in [-0.39, 0.29) is 0 Å². The third-order valence-corrected chi connectivity index (χ3v) is 3.66. The van der Waals surface area contributed by atoms with Crippen molar-refractivity contribution >= 4 is 0 Å². The van der Waals surface area contributed by atoms with Crippen molar-refractivity contribution in [2.24, 2.45) is 0 Å². The number of hydrogen-bond donors (Lipinski definition) is 1. The van der Waals surface area contributed by atoms with Crippen molar-refractivity contribution in [1.29, 1.82) is 0 Å². The van der Waals surface area contributed by atoms with E-state index in [0.717, 1.165) is 6.54 Å². The van der Waals surface area contributed by atoms with Gasteiger partial charge in [0.2, 0.25) is 0 Å². The van der Waals surface area contributed by atoms with E-state index >= 15 is 0 Å². The predicted octanol–water partition coefficient (Wildman–Crippen LogP) is 4.87. The van der Waals surface area contributed by atoms with Crippen molar-refractivity contribution in [2.45, 2.75) is 71.3 Å². The first-order chi connectivity index (χ1) is 9.38. The van der Waals surface area contributed by atoms with Crippen LogP contribution in [0, 0.1) is 0 Å². The fourth-order valence-electron chi connectivity index (χ4n) is 2.53. The second-order valence-electron chi connectivity index (χ2n) is 5.30. The zero-order valence-corrected chi connectivity index (χ0v) is 12.7. The molecule has 0 aliphatic carbocycles. The van der Waals surface area contributed by atoms with E-state index in [0.29, 0.717) is 6.04 Å². The molecule has 108 valence electrons. The Morgan fingerprint density at radius 1 is 0.947 bits per heavy atom. The predicted molar refractivity (Wildman–Crippen MR) is 83.3 cm³/mol. The van der Waals surface area contributed by atoms with E-state index in [1.54, 1.807) is 0 Å². The molecule has 0 bridgehead atoms. The van der Waals surface area contributed by atoms with Gasteiger partial charge in [0.1, 0.15) is 0 Å². The lowest BCUT2D eigenvalue weighted by Gasteiger charge is -2.18. The van der Waals surface area contributed by atoms with Gasteiger partial charge in [-0.3, -0.25) is 4.98 Å². The molecular formula is C17H30N2. The molecule has 0 radical (unpaired) electrons. The first kappa shape index (κ1) is 16.2. The highest BCUT2D eigenvalue weighted by molar-refractivity contribution is 5.14. The van der Waals surface area contributed by atoms with Crippen LogP contribution in [0.1, 0.15) is 76.8 Å². The zero-order chi connectivity index (χ0) is 13.8. The maximum Gasteiger partial charge on any atom is 0.0321 e. The van der Waals surface area contributed by atoms with Gasteiger partial charge < -0.3 is 5.32 Å². The summed E-state index contributed by atoms with van der Waals surface area (Å²) in [5.74, 6) is 0. The minimum Gasteiger partial charge on any atom is -0.310 e. The Hall–Kier alpha value is -0.890. The summed E-state index contributed by atoms with van der Waals surface area (Å²) in [5, 5.41) is 3.58. The highest BCUT2D eigenvalue weighted by atomic mass is 14.9. The second kappa shape index (κ2) is 11.0. The van der Waals surface area contributed by atoms with Crippen molar-refractivity contribution in [3.8, 4) is 0 Å². The quantitative estimate of drug-likeness (QED) is 0.575. The van der Waals surface area contributed by atoms with Crippen molar-refractivity contribution in [3.63, 3.8) is 0 Å². The monoisotopic (exact) mass is 262 g/mol. The molecule has 0 aromatic carbocycles. The van der Waals surface area contributed by atoms with Gasteiger partial charge in [0.05, 0.1) is 0 Å². The highest BCUT2D eigenvalue weighted by Gasteiger charge is 2.08. The van der Waals surface area contributed by atoms with Crippen LogP contribution in [-0.2, 0) is 0 Å². The number of aromatic nitrogens is 1. The van der Waals surface area contributed by atoms with Crippen LogP contribution in [0.4, 0.5) is 0 Å². The summed E-state index contributed by atoms with van der Waals surface area (Å²) in [6, 6.07) is 4.77. The Morgan fingerprint density at radius 2 is 1.58 bits per heavy atom. The fraction of sp³-hybridized carbons (Fsp3) is 0.706. The molecule has 0 amide bonds. The van der Waals surface area contributed by atoms with Crippen molar-refractivity contribution in [2.75, 3.05) is 6.54 Å². The minimum absolute atomic E-state index is 0.503. The van der Waals surface area contributed by atoms with E-state index in [9.17, 15) is 0 Å². The highest BCUT2D eigenvalue weighted by Crippen LogP contribution is 2.19. The molecule has 2 nitrogen and oxygen atoms in total.